The molecule has 0 spiro atoms. The molecule has 1 heterocycles. The Morgan fingerprint density at radius 3 is 2.76 bits per heavy atom. The molecule has 1 aliphatic carbocycles. The number of amides is 1. The van der Waals surface area contributed by atoms with Crippen molar-refractivity contribution in [2.24, 2.45) is 0 Å². The number of carbonyl (C=O) groups is 1. The highest BCUT2D eigenvalue weighted by atomic mass is 79.9. The highest BCUT2D eigenvalue weighted by molar-refractivity contribution is 9.11. The third-order valence-electron chi connectivity index (χ3n) is 2.80. The van der Waals surface area contributed by atoms with E-state index in [2.05, 4.69) is 31.9 Å². The zero-order chi connectivity index (χ0) is 12.6. The molecule has 1 fully saturated rings. The summed E-state index contributed by atoms with van der Waals surface area (Å²) in [7, 11) is 1.79. The summed E-state index contributed by atoms with van der Waals surface area (Å²) in [5.41, 5.74) is -0.189. The zero-order valence-electron chi connectivity index (χ0n) is 9.32. The molecule has 2 rings (SSSR count). The molecule has 4 nitrogen and oxygen atoms in total. The van der Waals surface area contributed by atoms with Gasteiger partial charge in [-0.1, -0.05) is 0 Å². The van der Waals surface area contributed by atoms with E-state index >= 15 is 0 Å². The van der Waals surface area contributed by atoms with E-state index in [1.165, 1.54) is 4.57 Å². The summed E-state index contributed by atoms with van der Waals surface area (Å²) in [6.45, 7) is 0.0872. The van der Waals surface area contributed by atoms with Gasteiger partial charge in [0.2, 0.25) is 5.91 Å². The van der Waals surface area contributed by atoms with Crippen molar-refractivity contribution >= 4 is 37.8 Å². The van der Waals surface area contributed by atoms with E-state index < -0.39 is 0 Å². The zero-order valence-corrected chi connectivity index (χ0v) is 12.5. The fourth-order valence-corrected chi connectivity index (χ4v) is 2.86. The Morgan fingerprint density at radius 2 is 2.18 bits per heavy atom. The van der Waals surface area contributed by atoms with Gasteiger partial charge in [-0.15, -0.1) is 0 Å². The number of halogens is 2. The average Bonchev–Trinajstić information content (AvgIpc) is 3.07. The Labute approximate surface area is 116 Å². The molecule has 0 atom stereocenters. The number of rotatable bonds is 3. The molecule has 6 heteroatoms. The first kappa shape index (κ1) is 12.8. The van der Waals surface area contributed by atoms with Crippen molar-refractivity contribution in [2.45, 2.75) is 25.4 Å². The first-order chi connectivity index (χ1) is 7.99. The smallest absolute Gasteiger partial charge is 0.265 e. The van der Waals surface area contributed by atoms with Gasteiger partial charge in [0.25, 0.3) is 5.56 Å². The Bertz CT molecular complexity index is 509. The lowest BCUT2D eigenvalue weighted by Gasteiger charge is -2.17. The highest BCUT2D eigenvalue weighted by Crippen LogP contribution is 2.25. The van der Waals surface area contributed by atoms with Gasteiger partial charge < -0.3 is 9.47 Å². The van der Waals surface area contributed by atoms with E-state index in [1.807, 2.05) is 0 Å². The van der Waals surface area contributed by atoms with Crippen LogP contribution in [-0.2, 0) is 11.3 Å². The van der Waals surface area contributed by atoms with Gasteiger partial charge in [0.15, 0.2) is 0 Å². The molecule has 0 saturated heterocycles. The summed E-state index contributed by atoms with van der Waals surface area (Å²) in [4.78, 5) is 25.4. The molecule has 0 aliphatic heterocycles. The van der Waals surface area contributed by atoms with Crippen LogP contribution in [0.4, 0.5) is 0 Å². The molecule has 0 N–H and O–H groups in total. The molecular formula is C11H12Br2N2O2. The average molecular weight is 364 g/mol. The van der Waals surface area contributed by atoms with Gasteiger partial charge in [0.05, 0.1) is 4.47 Å². The SMILES string of the molecule is CN(C(=O)Cn1cc(Br)cc(Br)c1=O)C1CC1. The molecule has 1 amide bonds. The van der Waals surface area contributed by atoms with Crippen LogP contribution in [0, 0.1) is 0 Å². The normalized spacial score (nSPS) is 14.8. The van der Waals surface area contributed by atoms with Crippen molar-refractivity contribution < 1.29 is 4.79 Å². The van der Waals surface area contributed by atoms with E-state index in [-0.39, 0.29) is 18.0 Å². The molecule has 0 bridgehead atoms. The van der Waals surface area contributed by atoms with Crippen molar-refractivity contribution in [1.29, 1.82) is 0 Å². The van der Waals surface area contributed by atoms with Crippen LogP contribution in [0.5, 0.6) is 0 Å². The predicted octanol–water partition coefficient (Wildman–Crippen LogP) is 1.99. The van der Waals surface area contributed by atoms with Gasteiger partial charge in [0.1, 0.15) is 6.54 Å². The first-order valence-corrected chi connectivity index (χ1v) is 6.89. The van der Waals surface area contributed by atoms with Crippen LogP contribution >= 0.6 is 31.9 Å². The minimum Gasteiger partial charge on any atom is -0.341 e. The fourth-order valence-electron chi connectivity index (χ4n) is 1.60. The molecule has 0 unspecified atom stereocenters. The highest BCUT2D eigenvalue weighted by Gasteiger charge is 2.29. The summed E-state index contributed by atoms with van der Waals surface area (Å²) < 4.78 is 2.63. The van der Waals surface area contributed by atoms with E-state index in [0.717, 1.165) is 17.3 Å². The Balaban J connectivity index is 2.18. The second-order valence-electron chi connectivity index (χ2n) is 4.18. The van der Waals surface area contributed by atoms with E-state index in [4.69, 9.17) is 0 Å². The standard InChI is InChI=1S/C11H12Br2N2O2/c1-14(8-2-3-8)10(16)6-15-5-7(12)4-9(13)11(15)17/h4-5,8H,2-3,6H2,1H3. The lowest BCUT2D eigenvalue weighted by molar-refractivity contribution is -0.131. The summed E-state index contributed by atoms with van der Waals surface area (Å²) in [5.74, 6) is -0.0281. The molecule has 1 aromatic heterocycles. The van der Waals surface area contributed by atoms with Crippen molar-refractivity contribution in [1.82, 2.24) is 9.47 Å². The molecule has 1 aliphatic rings. The number of hydrogen-bond donors (Lipinski definition) is 0. The largest absolute Gasteiger partial charge is 0.341 e. The second-order valence-corrected chi connectivity index (χ2v) is 5.95. The minimum absolute atomic E-state index is 0.0281. The van der Waals surface area contributed by atoms with Crippen molar-refractivity contribution in [3.8, 4) is 0 Å². The number of aromatic nitrogens is 1. The number of pyridine rings is 1. The maximum atomic E-state index is 11.9. The Hall–Kier alpha value is -0.620. The predicted molar refractivity (Wildman–Crippen MR) is 71.9 cm³/mol. The number of nitrogens with zero attached hydrogens (tertiary/aromatic N) is 2. The summed E-state index contributed by atoms with van der Waals surface area (Å²) >= 11 is 6.48. The Kier molecular flexibility index (Phi) is 3.73. The van der Waals surface area contributed by atoms with Gasteiger partial charge in [-0.05, 0) is 50.8 Å². The lowest BCUT2D eigenvalue weighted by Crippen LogP contribution is -2.35. The summed E-state index contributed by atoms with van der Waals surface area (Å²) in [6, 6.07) is 2.04. The molecule has 0 aromatic carbocycles. The van der Waals surface area contributed by atoms with E-state index in [0.29, 0.717) is 10.5 Å². The number of likely N-dealkylation sites (N-methyl/N-ethyl adjacent to an activating group) is 1. The van der Waals surface area contributed by atoms with Gasteiger partial charge in [-0.2, -0.15) is 0 Å². The monoisotopic (exact) mass is 362 g/mol. The first-order valence-electron chi connectivity index (χ1n) is 5.30. The number of hydrogen-bond acceptors (Lipinski definition) is 2. The van der Waals surface area contributed by atoms with Gasteiger partial charge in [-0.3, -0.25) is 9.59 Å². The van der Waals surface area contributed by atoms with Crippen LogP contribution in [0.15, 0.2) is 26.0 Å². The topological polar surface area (TPSA) is 42.3 Å². The Morgan fingerprint density at radius 1 is 1.53 bits per heavy atom. The molecule has 17 heavy (non-hydrogen) atoms. The number of carbonyl (C=O) groups excluding carboxylic acids is 1. The van der Waals surface area contributed by atoms with Crippen LogP contribution in [0.1, 0.15) is 12.8 Å². The van der Waals surface area contributed by atoms with Crippen LogP contribution in [0.2, 0.25) is 0 Å². The van der Waals surface area contributed by atoms with Crippen LogP contribution in [0.3, 0.4) is 0 Å². The van der Waals surface area contributed by atoms with Crippen molar-refractivity contribution in [3.63, 3.8) is 0 Å². The van der Waals surface area contributed by atoms with Gasteiger partial charge in [-0.25, -0.2) is 0 Å². The van der Waals surface area contributed by atoms with Gasteiger partial charge >= 0.3 is 0 Å². The minimum atomic E-state index is -0.189. The molecule has 92 valence electrons. The van der Waals surface area contributed by atoms with E-state index in [1.54, 1.807) is 24.2 Å². The van der Waals surface area contributed by atoms with Crippen molar-refractivity contribution in [2.75, 3.05) is 7.05 Å². The van der Waals surface area contributed by atoms with Crippen LogP contribution < -0.4 is 5.56 Å². The van der Waals surface area contributed by atoms with E-state index in [9.17, 15) is 9.59 Å². The van der Waals surface area contributed by atoms with Gasteiger partial charge in [0, 0.05) is 23.8 Å². The summed E-state index contributed by atoms with van der Waals surface area (Å²) in [6.07, 6.45) is 3.77. The maximum Gasteiger partial charge on any atom is 0.265 e. The molecule has 1 saturated carbocycles. The molecule has 1 aromatic rings. The third kappa shape index (κ3) is 2.98. The second kappa shape index (κ2) is 4.94. The quantitative estimate of drug-likeness (QED) is 0.824. The van der Waals surface area contributed by atoms with Crippen LogP contribution in [-0.4, -0.2) is 28.5 Å². The summed E-state index contributed by atoms with van der Waals surface area (Å²) in [5, 5.41) is 0. The van der Waals surface area contributed by atoms with Crippen molar-refractivity contribution in [3.05, 3.63) is 31.6 Å². The molecule has 0 radical (unpaired) electrons. The maximum absolute atomic E-state index is 11.9. The van der Waals surface area contributed by atoms with Crippen LogP contribution in [0.25, 0.3) is 0 Å². The fraction of sp³-hybridized carbons (Fsp3) is 0.455. The lowest BCUT2D eigenvalue weighted by atomic mass is 10.4. The third-order valence-corrected chi connectivity index (χ3v) is 3.80. The molecular weight excluding hydrogens is 352 g/mol.